The van der Waals surface area contributed by atoms with Gasteiger partial charge in [0.15, 0.2) is 0 Å². The van der Waals surface area contributed by atoms with E-state index in [2.05, 4.69) is 5.32 Å². The molecule has 5 heteroatoms. The molecule has 2 rings (SSSR count). The molecular formula is C18H23ClN2O2. The van der Waals surface area contributed by atoms with Crippen molar-refractivity contribution >= 4 is 29.7 Å². The zero-order valence-electron chi connectivity index (χ0n) is 13.2. The molecule has 23 heavy (non-hydrogen) atoms. The van der Waals surface area contributed by atoms with Crippen LogP contribution in [0.4, 0.5) is 11.4 Å². The van der Waals surface area contributed by atoms with Crippen LogP contribution in [0.25, 0.3) is 0 Å². The molecule has 0 bridgehead atoms. The number of nitrogen functional groups attached to an aromatic ring is 1. The summed E-state index contributed by atoms with van der Waals surface area (Å²) >= 11 is 0. The maximum absolute atomic E-state index is 12.0. The number of amides is 1. The predicted molar refractivity (Wildman–Crippen MR) is 96.8 cm³/mol. The standard InChI is InChI=1S/C18H22N2O2.ClH/c1-2-22-13-14-6-5-8-16(12-14)20-18(21)11-10-15-7-3-4-9-17(15)19;/h3-9,12H,2,10-11,13,19H2,1H3,(H,20,21);1H. The minimum atomic E-state index is -0.0168. The highest BCUT2D eigenvalue weighted by atomic mass is 35.5. The van der Waals surface area contributed by atoms with Crippen molar-refractivity contribution in [1.82, 2.24) is 0 Å². The van der Waals surface area contributed by atoms with Gasteiger partial charge in [-0.2, -0.15) is 0 Å². The minimum Gasteiger partial charge on any atom is -0.399 e. The van der Waals surface area contributed by atoms with Gasteiger partial charge in [0.1, 0.15) is 0 Å². The zero-order valence-corrected chi connectivity index (χ0v) is 14.1. The number of nitrogens with one attached hydrogen (secondary N) is 1. The number of halogens is 1. The normalized spacial score (nSPS) is 9.96. The highest BCUT2D eigenvalue weighted by molar-refractivity contribution is 5.91. The molecule has 0 aliphatic carbocycles. The average molecular weight is 335 g/mol. The first-order chi connectivity index (χ1) is 10.7. The van der Waals surface area contributed by atoms with Crippen LogP contribution in [0.5, 0.6) is 0 Å². The molecule has 0 unspecified atom stereocenters. The van der Waals surface area contributed by atoms with Gasteiger partial charge in [0, 0.05) is 24.4 Å². The maximum Gasteiger partial charge on any atom is 0.224 e. The third-order valence-electron chi connectivity index (χ3n) is 3.36. The molecule has 0 aliphatic rings. The minimum absolute atomic E-state index is 0. The summed E-state index contributed by atoms with van der Waals surface area (Å²) in [4.78, 5) is 12.0. The molecule has 0 saturated heterocycles. The number of carbonyl (C=O) groups excluding carboxylic acids is 1. The summed E-state index contributed by atoms with van der Waals surface area (Å²) in [6.45, 7) is 3.19. The second-order valence-electron chi connectivity index (χ2n) is 5.08. The fourth-order valence-corrected chi connectivity index (χ4v) is 2.19. The van der Waals surface area contributed by atoms with Gasteiger partial charge in [0.2, 0.25) is 5.91 Å². The van der Waals surface area contributed by atoms with E-state index in [0.29, 0.717) is 26.1 Å². The first kappa shape index (κ1) is 19.0. The van der Waals surface area contributed by atoms with Crippen molar-refractivity contribution in [1.29, 1.82) is 0 Å². The number of carbonyl (C=O) groups is 1. The van der Waals surface area contributed by atoms with Crippen molar-refractivity contribution in [2.45, 2.75) is 26.4 Å². The molecule has 0 heterocycles. The lowest BCUT2D eigenvalue weighted by atomic mass is 10.1. The van der Waals surface area contributed by atoms with Gasteiger partial charge in [0.05, 0.1) is 6.61 Å². The predicted octanol–water partition coefficient (Wildman–Crippen LogP) is 3.80. The molecule has 124 valence electrons. The zero-order chi connectivity index (χ0) is 15.8. The van der Waals surface area contributed by atoms with Crippen LogP contribution in [0, 0.1) is 0 Å². The van der Waals surface area contributed by atoms with Gasteiger partial charge in [0.25, 0.3) is 0 Å². The summed E-state index contributed by atoms with van der Waals surface area (Å²) in [6.07, 6.45) is 1.04. The SMILES string of the molecule is CCOCc1cccc(NC(=O)CCc2ccccc2N)c1.Cl. The molecule has 0 fully saturated rings. The molecule has 2 aromatic carbocycles. The first-order valence-electron chi connectivity index (χ1n) is 7.49. The third-order valence-corrected chi connectivity index (χ3v) is 3.36. The summed E-state index contributed by atoms with van der Waals surface area (Å²) in [5.41, 5.74) is 9.46. The lowest BCUT2D eigenvalue weighted by molar-refractivity contribution is -0.116. The van der Waals surface area contributed by atoms with E-state index < -0.39 is 0 Å². The van der Waals surface area contributed by atoms with Crippen LogP contribution < -0.4 is 11.1 Å². The fourth-order valence-electron chi connectivity index (χ4n) is 2.19. The van der Waals surface area contributed by atoms with E-state index in [0.717, 1.165) is 22.5 Å². The van der Waals surface area contributed by atoms with Crippen molar-refractivity contribution in [3.63, 3.8) is 0 Å². The Bertz CT molecular complexity index is 632. The molecule has 0 saturated carbocycles. The molecule has 4 nitrogen and oxygen atoms in total. The molecule has 1 amide bonds. The fraction of sp³-hybridized carbons (Fsp3) is 0.278. The highest BCUT2D eigenvalue weighted by Gasteiger charge is 2.05. The highest BCUT2D eigenvalue weighted by Crippen LogP contribution is 2.15. The van der Waals surface area contributed by atoms with E-state index in [9.17, 15) is 4.79 Å². The smallest absolute Gasteiger partial charge is 0.224 e. The Balaban J connectivity index is 0.00000264. The average Bonchev–Trinajstić information content (AvgIpc) is 2.52. The van der Waals surface area contributed by atoms with Gasteiger partial charge in [-0.3, -0.25) is 4.79 Å². The van der Waals surface area contributed by atoms with Gasteiger partial charge in [-0.05, 0) is 42.7 Å². The van der Waals surface area contributed by atoms with Crippen LogP contribution in [-0.4, -0.2) is 12.5 Å². The van der Waals surface area contributed by atoms with Crippen molar-refractivity contribution in [2.75, 3.05) is 17.7 Å². The summed E-state index contributed by atoms with van der Waals surface area (Å²) in [7, 11) is 0. The van der Waals surface area contributed by atoms with E-state index in [1.807, 2.05) is 55.5 Å². The Labute approximate surface area is 143 Å². The van der Waals surface area contributed by atoms with Gasteiger partial charge in [-0.25, -0.2) is 0 Å². The van der Waals surface area contributed by atoms with E-state index in [-0.39, 0.29) is 18.3 Å². The van der Waals surface area contributed by atoms with Crippen LogP contribution in [0.15, 0.2) is 48.5 Å². The lowest BCUT2D eigenvalue weighted by Crippen LogP contribution is -2.13. The van der Waals surface area contributed by atoms with E-state index in [4.69, 9.17) is 10.5 Å². The second-order valence-corrected chi connectivity index (χ2v) is 5.08. The summed E-state index contributed by atoms with van der Waals surface area (Å²) in [5.74, 6) is -0.0168. The van der Waals surface area contributed by atoms with Gasteiger partial charge in [-0.1, -0.05) is 30.3 Å². The van der Waals surface area contributed by atoms with E-state index in [1.165, 1.54) is 0 Å². The number of nitrogens with two attached hydrogens (primary N) is 1. The van der Waals surface area contributed by atoms with Crippen LogP contribution in [-0.2, 0) is 22.6 Å². The summed E-state index contributed by atoms with van der Waals surface area (Å²) in [5, 5.41) is 2.91. The van der Waals surface area contributed by atoms with E-state index in [1.54, 1.807) is 0 Å². The Morgan fingerprint density at radius 3 is 2.70 bits per heavy atom. The Morgan fingerprint density at radius 2 is 1.96 bits per heavy atom. The largest absolute Gasteiger partial charge is 0.399 e. The Hall–Kier alpha value is -2.04. The van der Waals surface area contributed by atoms with Crippen molar-refractivity contribution in [2.24, 2.45) is 0 Å². The van der Waals surface area contributed by atoms with Crippen LogP contribution in [0.3, 0.4) is 0 Å². The Morgan fingerprint density at radius 1 is 1.17 bits per heavy atom. The number of anilines is 2. The number of aryl methyl sites for hydroxylation is 1. The molecule has 0 spiro atoms. The van der Waals surface area contributed by atoms with Gasteiger partial charge < -0.3 is 15.8 Å². The number of para-hydroxylation sites is 1. The number of benzene rings is 2. The van der Waals surface area contributed by atoms with E-state index >= 15 is 0 Å². The number of ether oxygens (including phenoxy) is 1. The number of rotatable bonds is 7. The first-order valence-corrected chi connectivity index (χ1v) is 7.49. The van der Waals surface area contributed by atoms with Crippen LogP contribution in [0.2, 0.25) is 0 Å². The number of hydrogen-bond donors (Lipinski definition) is 2. The monoisotopic (exact) mass is 334 g/mol. The maximum atomic E-state index is 12.0. The topological polar surface area (TPSA) is 64.3 Å². The molecular weight excluding hydrogens is 312 g/mol. The molecule has 0 aliphatic heterocycles. The Kier molecular flexibility index (Phi) is 8.16. The van der Waals surface area contributed by atoms with Crippen molar-refractivity contribution < 1.29 is 9.53 Å². The second kappa shape index (κ2) is 9.87. The number of hydrogen-bond acceptors (Lipinski definition) is 3. The molecule has 2 aromatic rings. The third kappa shape index (κ3) is 6.30. The molecule has 0 radical (unpaired) electrons. The van der Waals surface area contributed by atoms with Crippen molar-refractivity contribution in [3.8, 4) is 0 Å². The quantitative estimate of drug-likeness (QED) is 0.757. The van der Waals surface area contributed by atoms with Gasteiger partial charge >= 0.3 is 0 Å². The molecule has 0 aromatic heterocycles. The van der Waals surface area contributed by atoms with Crippen LogP contribution in [0.1, 0.15) is 24.5 Å². The molecule has 0 atom stereocenters. The summed E-state index contributed by atoms with van der Waals surface area (Å²) < 4.78 is 5.37. The summed E-state index contributed by atoms with van der Waals surface area (Å²) in [6, 6.07) is 15.3. The van der Waals surface area contributed by atoms with Crippen molar-refractivity contribution in [3.05, 3.63) is 59.7 Å². The molecule has 3 N–H and O–H groups in total. The lowest BCUT2D eigenvalue weighted by Gasteiger charge is -2.08. The van der Waals surface area contributed by atoms with Crippen LogP contribution >= 0.6 is 12.4 Å². The van der Waals surface area contributed by atoms with Gasteiger partial charge in [-0.15, -0.1) is 12.4 Å².